The van der Waals surface area contributed by atoms with Gasteiger partial charge in [0.25, 0.3) is 0 Å². The Kier molecular flexibility index (Phi) is 5.80. The van der Waals surface area contributed by atoms with Gasteiger partial charge < -0.3 is 14.6 Å². The van der Waals surface area contributed by atoms with Crippen LogP contribution in [0, 0.1) is 19.8 Å². The van der Waals surface area contributed by atoms with Crippen LogP contribution in [0.25, 0.3) is 0 Å². The van der Waals surface area contributed by atoms with Gasteiger partial charge in [-0.3, -0.25) is 4.79 Å². The van der Waals surface area contributed by atoms with E-state index >= 15 is 0 Å². The predicted molar refractivity (Wildman–Crippen MR) is 77.7 cm³/mol. The fourth-order valence-electron chi connectivity index (χ4n) is 1.98. The molecule has 1 aromatic heterocycles. The van der Waals surface area contributed by atoms with Crippen LogP contribution in [-0.2, 0) is 16.1 Å². The summed E-state index contributed by atoms with van der Waals surface area (Å²) in [6.45, 7) is 10.8. The van der Waals surface area contributed by atoms with Crippen molar-refractivity contribution in [2.75, 3.05) is 13.2 Å². The maximum absolute atomic E-state index is 11.9. The molecule has 5 heteroatoms. The van der Waals surface area contributed by atoms with Crippen molar-refractivity contribution in [1.82, 2.24) is 9.88 Å². The number of nitrogens with zero attached hydrogens (tertiary/aromatic N) is 1. The second-order valence-corrected chi connectivity index (χ2v) is 5.29. The molecule has 1 N–H and O–H groups in total. The number of hydrogen-bond acceptors (Lipinski definition) is 3. The van der Waals surface area contributed by atoms with Crippen LogP contribution in [0.1, 0.15) is 42.5 Å². The minimum absolute atomic E-state index is 0.0455. The van der Waals surface area contributed by atoms with Gasteiger partial charge in [0.1, 0.15) is 6.54 Å². The first-order valence-electron chi connectivity index (χ1n) is 6.97. The number of esters is 1. The van der Waals surface area contributed by atoms with Crippen LogP contribution in [0.4, 0.5) is 0 Å². The molecule has 1 rings (SSSR count). The molecule has 0 radical (unpaired) electrons. The van der Waals surface area contributed by atoms with E-state index < -0.39 is 0 Å². The molecule has 0 spiro atoms. The predicted octanol–water partition coefficient (Wildman–Crippen LogP) is 2.05. The maximum Gasteiger partial charge on any atom is 0.339 e. The first-order valence-corrected chi connectivity index (χ1v) is 6.97. The molecule has 0 atom stereocenters. The zero-order chi connectivity index (χ0) is 15.3. The van der Waals surface area contributed by atoms with Crippen LogP contribution in [-0.4, -0.2) is 29.6 Å². The average molecular weight is 280 g/mol. The van der Waals surface area contributed by atoms with Gasteiger partial charge >= 0.3 is 5.97 Å². The Bertz CT molecular complexity index is 490. The lowest BCUT2D eigenvalue weighted by atomic mass is 10.2. The SMILES string of the molecule is CCOC(=O)c1cc(C)n(CC(=O)NCC(C)C)c1C. The van der Waals surface area contributed by atoms with E-state index in [9.17, 15) is 9.59 Å². The van der Waals surface area contributed by atoms with Crippen molar-refractivity contribution in [1.29, 1.82) is 0 Å². The molecule has 0 saturated heterocycles. The molecule has 0 fully saturated rings. The van der Waals surface area contributed by atoms with Crippen molar-refractivity contribution >= 4 is 11.9 Å². The molecule has 0 aliphatic carbocycles. The Labute approximate surface area is 120 Å². The molecule has 1 heterocycles. The summed E-state index contributed by atoms with van der Waals surface area (Å²) in [5, 5.41) is 2.87. The van der Waals surface area contributed by atoms with Gasteiger partial charge in [0.15, 0.2) is 0 Å². The van der Waals surface area contributed by atoms with Crippen molar-refractivity contribution in [3.8, 4) is 0 Å². The number of carbonyl (C=O) groups excluding carboxylic acids is 2. The minimum Gasteiger partial charge on any atom is -0.462 e. The number of amides is 1. The van der Waals surface area contributed by atoms with Gasteiger partial charge in [-0.1, -0.05) is 13.8 Å². The standard InChI is InChI=1S/C15H24N2O3/c1-6-20-15(19)13-7-11(4)17(12(13)5)9-14(18)16-8-10(2)3/h7,10H,6,8-9H2,1-5H3,(H,16,18). The summed E-state index contributed by atoms with van der Waals surface area (Å²) in [6.07, 6.45) is 0. The lowest BCUT2D eigenvalue weighted by Crippen LogP contribution is -2.31. The smallest absolute Gasteiger partial charge is 0.339 e. The quantitative estimate of drug-likeness (QED) is 0.811. The number of ether oxygens (including phenoxy) is 1. The van der Waals surface area contributed by atoms with E-state index in [4.69, 9.17) is 4.74 Å². The van der Waals surface area contributed by atoms with E-state index in [-0.39, 0.29) is 18.4 Å². The summed E-state index contributed by atoms with van der Waals surface area (Å²) in [5.41, 5.74) is 2.17. The molecule has 1 amide bonds. The molecular formula is C15H24N2O3. The summed E-state index contributed by atoms with van der Waals surface area (Å²) >= 11 is 0. The van der Waals surface area contributed by atoms with E-state index in [0.29, 0.717) is 24.6 Å². The fourth-order valence-corrected chi connectivity index (χ4v) is 1.98. The molecule has 5 nitrogen and oxygen atoms in total. The van der Waals surface area contributed by atoms with Gasteiger partial charge in [0.05, 0.1) is 12.2 Å². The molecule has 20 heavy (non-hydrogen) atoms. The molecule has 0 unspecified atom stereocenters. The molecule has 0 aromatic carbocycles. The molecule has 0 saturated carbocycles. The van der Waals surface area contributed by atoms with Gasteiger partial charge in [0.2, 0.25) is 5.91 Å². The second-order valence-electron chi connectivity index (χ2n) is 5.29. The van der Waals surface area contributed by atoms with Crippen LogP contribution in [0.15, 0.2) is 6.07 Å². The average Bonchev–Trinajstić information content (AvgIpc) is 2.64. The van der Waals surface area contributed by atoms with Crippen LogP contribution in [0.2, 0.25) is 0 Å². The third kappa shape index (κ3) is 4.11. The van der Waals surface area contributed by atoms with Crippen LogP contribution in [0.5, 0.6) is 0 Å². The number of carbonyl (C=O) groups is 2. The molecule has 112 valence electrons. The van der Waals surface area contributed by atoms with Gasteiger partial charge in [0, 0.05) is 17.9 Å². The molecule has 0 aliphatic rings. The number of hydrogen-bond donors (Lipinski definition) is 1. The van der Waals surface area contributed by atoms with E-state index in [1.807, 2.05) is 32.3 Å². The lowest BCUT2D eigenvalue weighted by molar-refractivity contribution is -0.121. The zero-order valence-corrected chi connectivity index (χ0v) is 12.9. The highest BCUT2D eigenvalue weighted by atomic mass is 16.5. The number of nitrogens with one attached hydrogen (secondary N) is 1. The van der Waals surface area contributed by atoms with E-state index in [2.05, 4.69) is 5.32 Å². The normalized spacial score (nSPS) is 10.7. The van der Waals surface area contributed by atoms with Crippen molar-refractivity contribution in [3.63, 3.8) is 0 Å². The van der Waals surface area contributed by atoms with Crippen molar-refractivity contribution < 1.29 is 14.3 Å². The maximum atomic E-state index is 11.9. The monoisotopic (exact) mass is 280 g/mol. The summed E-state index contributed by atoms with van der Waals surface area (Å²) in [5.74, 6) is 0.0336. The Morgan fingerprint density at radius 1 is 1.35 bits per heavy atom. The third-order valence-corrected chi connectivity index (χ3v) is 3.08. The van der Waals surface area contributed by atoms with Crippen LogP contribution in [0.3, 0.4) is 0 Å². The first-order chi connectivity index (χ1) is 9.36. The van der Waals surface area contributed by atoms with Crippen LogP contribution < -0.4 is 5.32 Å². The van der Waals surface area contributed by atoms with Crippen LogP contribution >= 0.6 is 0 Å². The van der Waals surface area contributed by atoms with Gasteiger partial charge in [-0.25, -0.2) is 4.79 Å². The van der Waals surface area contributed by atoms with Gasteiger partial charge in [-0.05, 0) is 32.8 Å². The summed E-state index contributed by atoms with van der Waals surface area (Å²) in [7, 11) is 0. The van der Waals surface area contributed by atoms with Crippen molar-refractivity contribution in [3.05, 3.63) is 23.0 Å². The topological polar surface area (TPSA) is 60.3 Å². The Hall–Kier alpha value is -1.78. The third-order valence-electron chi connectivity index (χ3n) is 3.08. The van der Waals surface area contributed by atoms with Crippen molar-refractivity contribution in [2.24, 2.45) is 5.92 Å². The molecule has 0 aliphatic heterocycles. The van der Waals surface area contributed by atoms with Gasteiger partial charge in [-0.15, -0.1) is 0 Å². The Morgan fingerprint density at radius 2 is 2.00 bits per heavy atom. The summed E-state index contributed by atoms with van der Waals surface area (Å²) in [6, 6.07) is 1.77. The lowest BCUT2D eigenvalue weighted by Gasteiger charge is -2.11. The van der Waals surface area contributed by atoms with E-state index in [0.717, 1.165) is 11.4 Å². The summed E-state index contributed by atoms with van der Waals surface area (Å²) in [4.78, 5) is 23.7. The minimum atomic E-state index is -0.338. The second kappa shape index (κ2) is 7.12. The first kappa shape index (κ1) is 16.3. The highest BCUT2D eigenvalue weighted by molar-refractivity contribution is 5.91. The fraction of sp³-hybridized carbons (Fsp3) is 0.600. The highest BCUT2D eigenvalue weighted by Crippen LogP contribution is 2.16. The summed E-state index contributed by atoms with van der Waals surface area (Å²) < 4.78 is 6.84. The van der Waals surface area contributed by atoms with E-state index in [1.54, 1.807) is 13.0 Å². The molecule has 0 bridgehead atoms. The van der Waals surface area contributed by atoms with Gasteiger partial charge in [-0.2, -0.15) is 0 Å². The Morgan fingerprint density at radius 3 is 2.55 bits per heavy atom. The molecule has 1 aromatic rings. The molecular weight excluding hydrogens is 256 g/mol. The van der Waals surface area contributed by atoms with Crippen molar-refractivity contribution in [2.45, 2.75) is 41.2 Å². The highest BCUT2D eigenvalue weighted by Gasteiger charge is 2.17. The van der Waals surface area contributed by atoms with E-state index in [1.165, 1.54) is 0 Å². The zero-order valence-electron chi connectivity index (χ0n) is 12.9. The largest absolute Gasteiger partial charge is 0.462 e. The number of aromatic nitrogens is 1. The number of rotatable bonds is 6. The number of aryl methyl sites for hydroxylation is 1. The Balaban J connectivity index is 2.81.